The summed E-state index contributed by atoms with van der Waals surface area (Å²) in [6.45, 7) is 2.71. The lowest BCUT2D eigenvalue weighted by Crippen LogP contribution is -2.39. The number of pyridine rings is 1. The molecule has 5 nitrogen and oxygen atoms in total. The summed E-state index contributed by atoms with van der Waals surface area (Å²) in [6.07, 6.45) is 6.82. The highest BCUT2D eigenvalue weighted by molar-refractivity contribution is 5.95. The molecule has 1 aromatic heterocycles. The molecule has 1 aromatic carbocycles. The Morgan fingerprint density at radius 2 is 1.92 bits per heavy atom. The summed E-state index contributed by atoms with van der Waals surface area (Å²) in [5.41, 5.74) is 2.63. The summed E-state index contributed by atoms with van der Waals surface area (Å²) >= 11 is 0. The van der Waals surface area contributed by atoms with Gasteiger partial charge in [-0.15, -0.1) is 0 Å². The van der Waals surface area contributed by atoms with E-state index in [1.165, 1.54) is 6.42 Å². The van der Waals surface area contributed by atoms with Gasteiger partial charge in [-0.05, 0) is 62.5 Å². The number of nitrogens with zero attached hydrogens (tertiary/aromatic N) is 2. The molecule has 1 N–H and O–H groups in total. The van der Waals surface area contributed by atoms with Crippen LogP contribution in [0.25, 0.3) is 11.1 Å². The molecule has 0 radical (unpaired) electrons. The van der Waals surface area contributed by atoms with Gasteiger partial charge in [0.1, 0.15) is 5.75 Å². The summed E-state index contributed by atoms with van der Waals surface area (Å²) in [6, 6.07) is 9.73. The summed E-state index contributed by atoms with van der Waals surface area (Å²) < 4.78 is 5.20. The monoisotopic (exact) mass is 353 g/mol. The van der Waals surface area contributed by atoms with Crippen LogP contribution in [-0.4, -0.2) is 49.6 Å². The van der Waals surface area contributed by atoms with Crippen molar-refractivity contribution in [2.24, 2.45) is 5.92 Å². The molecule has 0 bridgehead atoms. The van der Waals surface area contributed by atoms with Gasteiger partial charge in [-0.1, -0.05) is 12.1 Å². The number of aromatic nitrogens is 1. The summed E-state index contributed by atoms with van der Waals surface area (Å²) in [7, 11) is 3.64. The Morgan fingerprint density at radius 1 is 1.19 bits per heavy atom. The molecule has 3 rings (SSSR count). The molecule has 0 spiro atoms. The Labute approximate surface area is 155 Å². The number of piperidine rings is 1. The fourth-order valence-electron chi connectivity index (χ4n) is 3.45. The number of ether oxygens (including phenoxy) is 1. The van der Waals surface area contributed by atoms with Gasteiger partial charge in [0, 0.05) is 31.0 Å². The van der Waals surface area contributed by atoms with Crippen molar-refractivity contribution in [1.82, 2.24) is 15.2 Å². The van der Waals surface area contributed by atoms with Crippen molar-refractivity contribution in [2.75, 3.05) is 33.8 Å². The van der Waals surface area contributed by atoms with E-state index < -0.39 is 0 Å². The van der Waals surface area contributed by atoms with E-state index in [0.717, 1.165) is 55.3 Å². The number of carbonyl (C=O) groups is 1. The molecule has 0 saturated carbocycles. The molecule has 0 aliphatic carbocycles. The Kier molecular flexibility index (Phi) is 6.23. The van der Waals surface area contributed by atoms with Crippen LogP contribution in [0, 0.1) is 5.92 Å². The number of hydrogen-bond acceptors (Lipinski definition) is 4. The van der Waals surface area contributed by atoms with Crippen molar-refractivity contribution in [1.29, 1.82) is 0 Å². The number of amides is 1. The average molecular weight is 353 g/mol. The molecule has 1 amide bonds. The Hall–Kier alpha value is -2.40. The molecule has 26 heavy (non-hydrogen) atoms. The highest BCUT2D eigenvalue weighted by Gasteiger charge is 2.23. The largest absolute Gasteiger partial charge is 0.497 e. The molecule has 2 heterocycles. The molecule has 5 heteroatoms. The number of benzene rings is 1. The van der Waals surface area contributed by atoms with Crippen molar-refractivity contribution >= 4 is 5.91 Å². The third-order valence-corrected chi connectivity index (χ3v) is 5.11. The maximum absolute atomic E-state index is 12.9. The lowest BCUT2D eigenvalue weighted by atomic mass is 9.93. The van der Waals surface area contributed by atoms with Crippen molar-refractivity contribution in [2.45, 2.75) is 19.3 Å². The van der Waals surface area contributed by atoms with Crippen LogP contribution in [0.5, 0.6) is 5.75 Å². The van der Waals surface area contributed by atoms with Crippen LogP contribution in [0.1, 0.15) is 29.6 Å². The second-order valence-corrected chi connectivity index (χ2v) is 6.82. The molecular formula is C21H27N3O2. The summed E-state index contributed by atoms with van der Waals surface area (Å²) in [5.74, 6) is 1.62. The van der Waals surface area contributed by atoms with Crippen LogP contribution in [0.15, 0.2) is 42.7 Å². The number of hydrogen-bond donors (Lipinski definition) is 1. The maximum atomic E-state index is 12.9. The highest BCUT2D eigenvalue weighted by Crippen LogP contribution is 2.25. The lowest BCUT2D eigenvalue weighted by Gasteiger charge is -2.32. The molecule has 0 atom stereocenters. The lowest BCUT2D eigenvalue weighted by molar-refractivity contribution is 0.0687. The van der Waals surface area contributed by atoms with Crippen molar-refractivity contribution < 1.29 is 9.53 Å². The molecule has 1 fully saturated rings. The van der Waals surface area contributed by atoms with Crippen molar-refractivity contribution in [3.8, 4) is 16.9 Å². The standard InChI is InChI=1S/C21H27N3O2/c1-22-10-7-16-8-11-24(12-9-16)21(25)19-13-18(14-23-15-19)17-3-5-20(26-2)6-4-17/h3-6,13-16,22H,7-12H2,1-2H3. The first kappa shape index (κ1) is 18.4. The number of methoxy groups -OCH3 is 1. The smallest absolute Gasteiger partial charge is 0.255 e. The average Bonchev–Trinajstić information content (AvgIpc) is 2.72. The van der Waals surface area contributed by atoms with Gasteiger partial charge in [-0.25, -0.2) is 0 Å². The number of carbonyl (C=O) groups excluding carboxylic acids is 1. The van der Waals surface area contributed by atoms with E-state index >= 15 is 0 Å². The van der Waals surface area contributed by atoms with E-state index in [1.54, 1.807) is 19.5 Å². The van der Waals surface area contributed by atoms with Gasteiger partial charge in [-0.2, -0.15) is 0 Å². The molecule has 1 aliphatic heterocycles. The van der Waals surface area contributed by atoms with Crippen LogP contribution in [0.4, 0.5) is 0 Å². The minimum Gasteiger partial charge on any atom is -0.497 e. The molecule has 2 aromatic rings. The summed E-state index contributed by atoms with van der Waals surface area (Å²) in [5, 5.41) is 3.21. The van der Waals surface area contributed by atoms with E-state index in [2.05, 4.69) is 10.3 Å². The molecule has 1 aliphatic rings. The third-order valence-electron chi connectivity index (χ3n) is 5.11. The maximum Gasteiger partial charge on any atom is 0.255 e. The van der Waals surface area contributed by atoms with Crippen LogP contribution in [0.3, 0.4) is 0 Å². The van der Waals surface area contributed by atoms with Crippen LogP contribution in [0.2, 0.25) is 0 Å². The minimum absolute atomic E-state index is 0.0833. The van der Waals surface area contributed by atoms with Gasteiger partial charge in [0.15, 0.2) is 0 Å². The first-order valence-corrected chi connectivity index (χ1v) is 9.24. The second kappa shape index (κ2) is 8.81. The number of nitrogens with one attached hydrogen (secondary N) is 1. The normalized spacial score (nSPS) is 15.1. The van der Waals surface area contributed by atoms with Gasteiger partial charge in [0.2, 0.25) is 0 Å². The topological polar surface area (TPSA) is 54.5 Å². The predicted octanol–water partition coefficient (Wildman–Crippen LogP) is 3.22. The minimum atomic E-state index is 0.0833. The van der Waals surface area contributed by atoms with Crippen LogP contribution in [-0.2, 0) is 0 Å². The van der Waals surface area contributed by atoms with Crippen molar-refractivity contribution in [3.63, 3.8) is 0 Å². The SMILES string of the molecule is CNCCC1CCN(C(=O)c2cncc(-c3ccc(OC)cc3)c2)CC1. The quantitative estimate of drug-likeness (QED) is 0.866. The van der Waals surface area contributed by atoms with Gasteiger partial charge < -0.3 is 15.0 Å². The van der Waals surface area contributed by atoms with E-state index in [4.69, 9.17) is 4.74 Å². The number of likely N-dealkylation sites (tertiary alicyclic amines) is 1. The fraction of sp³-hybridized carbons (Fsp3) is 0.429. The Bertz CT molecular complexity index is 722. The first-order chi connectivity index (χ1) is 12.7. The zero-order valence-corrected chi connectivity index (χ0v) is 15.6. The van der Waals surface area contributed by atoms with Gasteiger partial charge in [-0.3, -0.25) is 9.78 Å². The van der Waals surface area contributed by atoms with Gasteiger partial charge in [0.05, 0.1) is 12.7 Å². The van der Waals surface area contributed by atoms with Crippen molar-refractivity contribution in [3.05, 3.63) is 48.3 Å². The van der Waals surface area contributed by atoms with Gasteiger partial charge in [0.25, 0.3) is 5.91 Å². The first-order valence-electron chi connectivity index (χ1n) is 9.24. The van der Waals surface area contributed by atoms with E-state index in [0.29, 0.717) is 5.56 Å². The van der Waals surface area contributed by atoms with E-state index in [9.17, 15) is 4.79 Å². The Morgan fingerprint density at radius 3 is 2.58 bits per heavy atom. The second-order valence-electron chi connectivity index (χ2n) is 6.82. The van der Waals surface area contributed by atoms with E-state index in [1.807, 2.05) is 42.3 Å². The summed E-state index contributed by atoms with van der Waals surface area (Å²) in [4.78, 5) is 19.1. The third kappa shape index (κ3) is 4.41. The van der Waals surface area contributed by atoms with E-state index in [-0.39, 0.29) is 5.91 Å². The predicted molar refractivity (Wildman–Crippen MR) is 103 cm³/mol. The number of rotatable bonds is 6. The molecule has 138 valence electrons. The zero-order valence-electron chi connectivity index (χ0n) is 15.6. The molecular weight excluding hydrogens is 326 g/mol. The molecule has 1 saturated heterocycles. The highest BCUT2D eigenvalue weighted by atomic mass is 16.5. The zero-order chi connectivity index (χ0) is 18.4. The Balaban J connectivity index is 1.67. The molecule has 0 unspecified atom stereocenters. The van der Waals surface area contributed by atoms with Crippen LogP contribution >= 0.6 is 0 Å². The van der Waals surface area contributed by atoms with Gasteiger partial charge >= 0.3 is 0 Å². The fourth-order valence-corrected chi connectivity index (χ4v) is 3.45. The van der Waals surface area contributed by atoms with Crippen LogP contribution < -0.4 is 10.1 Å².